The number of ether oxygens (including phenoxy) is 1. The third-order valence-electron chi connectivity index (χ3n) is 9.34. The Morgan fingerprint density at radius 3 is 2.44 bits per heavy atom. The first-order valence-electron chi connectivity index (χ1n) is 17.4. The minimum Gasteiger partial charge on any atom is -0.481 e. The first-order valence-corrected chi connectivity index (χ1v) is 18.8. The van der Waals surface area contributed by atoms with E-state index in [1.54, 1.807) is 31.3 Å². The molecular formula is C37H45F3N6O5S. The summed E-state index contributed by atoms with van der Waals surface area (Å²) >= 11 is 0. The highest BCUT2D eigenvalue weighted by atomic mass is 32.2. The van der Waals surface area contributed by atoms with Gasteiger partial charge in [-0.15, -0.1) is 5.10 Å². The van der Waals surface area contributed by atoms with Crippen LogP contribution in [0, 0.1) is 10.8 Å². The Bertz CT molecular complexity index is 1980. The summed E-state index contributed by atoms with van der Waals surface area (Å²) in [4.78, 5) is 23.5. The molecule has 4 heterocycles. The van der Waals surface area contributed by atoms with Gasteiger partial charge in [0.15, 0.2) is 5.03 Å². The molecule has 4 aromatic rings. The standard InChI is InChI=1S/C37H45F3N6O5S/c1-5-21-36(4,34(47)48)24-45-22-11-7-6-8-13-26-14-9-10-15-27(26)33-28(46-23-20-31(43-46)51-25-35(2,3)37(38,39)40)18-19-29(41-33)44-52(49,50)32-17-12-16-30(45)42-32/h9-10,12,14-20,23H,5-8,11,13,21-22,24-25H2,1-4H3,(H,41,44)(H,47,48)/t36-/m1/s1. The first kappa shape index (κ1) is 38.6. The van der Waals surface area contributed by atoms with Crippen molar-refractivity contribution < 1.29 is 36.2 Å². The summed E-state index contributed by atoms with van der Waals surface area (Å²) in [6, 6.07) is 16.9. The maximum atomic E-state index is 13.8. The predicted octanol–water partition coefficient (Wildman–Crippen LogP) is 7.91. The molecule has 0 saturated carbocycles. The quantitative estimate of drug-likeness (QED) is 0.175. The number of pyridine rings is 2. The van der Waals surface area contributed by atoms with E-state index in [1.165, 1.54) is 22.9 Å². The number of alkyl halides is 3. The second kappa shape index (κ2) is 15.5. The van der Waals surface area contributed by atoms with Crippen LogP contribution in [0.5, 0.6) is 5.88 Å². The van der Waals surface area contributed by atoms with Gasteiger partial charge in [0.1, 0.15) is 18.2 Å². The van der Waals surface area contributed by atoms with Crippen molar-refractivity contribution in [1.29, 1.82) is 0 Å². The van der Waals surface area contributed by atoms with E-state index < -0.39 is 39.6 Å². The molecule has 0 fully saturated rings. The zero-order valence-corrected chi connectivity index (χ0v) is 30.6. The summed E-state index contributed by atoms with van der Waals surface area (Å²) in [7, 11) is -4.27. The van der Waals surface area contributed by atoms with E-state index >= 15 is 0 Å². The summed E-state index contributed by atoms with van der Waals surface area (Å²) in [5.74, 6) is -0.553. The molecule has 5 rings (SSSR count). The summed E-state index contributed by atoms with van der Waals surface area (Å²) in [5.41, 5.74) is -0.571. The average molecular weight is 743 g/mol. The number of sulfonamides is 1. The molecule has 0 unspecified atom stereocenters. The van der Waals surface area contributed by atoms with Crippen LogP contribution in [-0.2, 0) is 21.2 Å². The number of hydrogen-bond acceptors (Lipinski definition) is 8. The third-order valence-corrected chi connectivity index (χ3v) is 10.6. The normalized spacial score (nSPS) is 16.6. The Kier molecular flexibility index (Phi) is 11.5. The smallest absolute Gasteiger partial charge is 0.397 e. The number of carbonyl (C=O) groups is 1. The lowest BCUT2D eigenvalue weighted by atomic mass is 9.85. The second-order valence-electron chi connectivity index (χ2n) is 14.1. The van der Waals surface area contributed by atoms with Gasteiger partial charge in [0.2, 0.25) is 5.88 Å². The van der Waals surface area contributed by atoms with Crippen molar-refractivity contribution in [1.82, 2.24) is 19.7 Å². The fraction of sp³-hybridized carbons (Fsp3) is 0.459. The van der Waals surface area contributed by atoms with E-state index in [4.69, 9.17) is 9.72 Å². The van der Waals surface area contributed by atoms with Crippen LogP contribution in [0.15, 0.2) is 71.9 Å². The van der Waals surface area contributed by atoms with Crippen LogP contribution in [0.25, 0.3) is 16.9 Å². The third kappa shape index (κ3) is 8.85. The Hall–Kier alpha value is -4.66. The molecule has 4 bridgehead atoms. The lowest BCUT2D eigenvalue weighted by Gasteiger charge is -2.33. The van der Waals surface area contributed by atoms with Gasteiger partial charge in [-0.1, -0.05) is 56.5 Å². The molecule has 15 heteroatoms. The first-order chi connectivity index (χ1) is 24.5. The van der Waals surface area contributed by atoms with Gasteiger partial charge in [0.25, 0.3) is 10.0 Å². The lowest BCUT2D eigenvalue weighted by Crippen LogP contribution is -2.42. The summed E-state index contributed by atoms with van der Waals surface area (Å²) < 4.78 is 77.4. The molecule has 280 valence electrons. The van der Waals surface area contributed by atoms with Gasteiger partial charge in [-0.25, -0.2) is 14.6 Å². The van der Waals surface area contributed by atoms with E-state index in [0.717, 1.165) is 50.7 Å². The number of aliphatic carboxylic acids is 1. The molecule has 1 aliphatic heterocycles. The van der Waals surface area contributed by atoms with Gasteiger partial charge in [0, 0.05) is 30.9 Å². The molecule has 2 N–H and O–H groups in total. The van der Waals surface area contributed by atoms with Crippen molar-refractivity contribution in [3.63, 3.8) is 0 Å². The predicted molar refractivity (Wildman–Crippen MR) is 192 cm³/mol. The summed E-state index contributed by atoms with van der Waals surface area (Å²) in [6.07, 6.45) is 2.26. The van der Waals surface area contributed by atoms with Gasteiger partial charge in [-0.05, 0) is 76.3 Å². The highest BCUT2D eigenvalue weighted by Gasteiger charge is 2.48. The summed E-state index contributed by atoms with van der Waals surface area (Å²) in [5, 5.41) is 14.3. The number of halogens is 3. The molecule has 0 aliphatic carbocycles. The second-order valence-corrected chi connectivity index (χ2v) is 15.8. The number of rotatable bonds is 9. The van der Waals surface area contributed by atoms with E-state index in [-0.39, 0.29) is 23.3 Å². The molecule has 1 atom stereocenters. The van der Waals surface area contributed by atoms with Crippen LogP contribution < -0.4 is 14.4 Å². The number of hydrogen-bond donors (Lipinski definition) is 2. The van der Waals surface area contributed by atoms with E-state index in [1.807, 2.05) is 36.1 Å². The largest absolute Gasteiger partial charge is 0.481 e. The van der Waals surface area contributed by atoms with Crippen LogP contribution in [0.3, 0.4) is 0 Å². The Morgan fingerprint density at radius 1 is 0.962 bits per heavy atom. The monoisotopic (exact) mass is 742 g/mol. The van der Waals surface area contributed by atoms with Crippen molar-refractivity contribution in [3.8, 4) is 22.8 Å². The SMILES string of the molecule is CCC[C@](C)(CN1CCCCCCc2ccccc2-c2nc(ccc2-n2ccc(OCC(C)(C)C(F)(F)F)n2)NS(=O)(=O)c2cccc1n2)C(=O)O. The van der Waals surface area contributed by atoms with Gasteiger partial charge < -0.3 is 14.7 Å². The zero-order valence-electron chi connectivity index (χ0n) is 29.8. The molecule has 0 spiro atoms. The van der Waals surface area contributed by atoms with E-state index in [9.17, 15) is 31.5 Å². The number of aromatic nitrogens is 4. The number of carboxylic acid groups (broad SMARTS) is 1. The fourth-order valence-electron chi connectivity index (χ4n) is 6.11. The van der Waals surface area contributed by atoms with Crippen LogP contribution in [0.1, 0.15) is 71.8 Å². The number of benzene rings is 1. The molecule has 3 aromatic heterocycles. The number of nitrogens with zero attached hydrogens (tertiary/aromatic N) is 5. The maximum Gasteiger partial charge on any atom is 0.397 e. The Labute approximate surface area is 302 Å². The van der Waals surface area contributed by atoms with Crippen LogP contribution in [-0.4, -0.2) is 65.1 Å². The van der Waals surface area contributed by atoms with E-state index in [0.29, 0.717) is 43.0 Å². The van der Waals surface area contributed by atoms with Crippen molar-refractivity contribution in [3.05, 3.63) is 72.4 Å². The number of anilines is 2. The van der Waals surface area contributed by atoms with Crippen molar-refractivity contribution in [2.24, 2.45) is 10.8 Å². The minimum atomic E-state index is -4.47. The topological polar surface area (TPSA) is 140 Å². The van der Waals surface area contributed by atoms with Gasteiger partial charge in [-0.3, -0.25) is 9.52 Å². The van der Waals surface area contributed by atoms with Crippen LogP contribution >= 0.6 is 0 Å². The van der Waals surface area contributed by atoms with Gasteiger partial charge in [0.05, 0.1) is 22.2 Å². The minimum absolute atomic E-state index is 0.00905. The molecule has 11 nitrogen and oxygen atoms in total. The number of carboxylic acids is 1. The fourth-order valence-corrected chi connectivity index (χ4v) is 7.07. The molecular weight excluding hydrogens is 698 g/mol. The van der Waals surface area contributed by atoms with Crippen molar-refractivity contribution in [2.75, 3.05) is 29.3 Å². The lowest BCUT2D eigenvalue weighted by molar-refractivity contribution is -0.219. The number of nitrogens with one attached hydrogen (secondary N) is 1. The molecule has 1 aromatic carbocycles. The molecule has 0 saturated heterocycles. The van der Waals surface area contributed by atoms with Crippen LogP contribution in [0.2, 0.25) is 0 Å². The van der Waals surface area contributed by atoms with E-state index in [2.05, 4.69) is 14.8 Å². The Morgan fingerprint density at radius 2 is 1.71 bits per heavy atom. The highest BCUT2D eigenvalue weighted by molar-refractivity contribution is 7.92. The van der Waals surface area contributed by atoms with Gasteiger partial charge in [-0.2, -0.15) is 21.6 Å². The number of fused-ring (bicyclic) bond motifs is 6. The van der Waals surface area contributed by atoms with Gasteiger partial charge >= 0.3 is 12.1 Å². The number of aryl methyl sites for hydroxylation is 1. The molecule has 0 amide bonds. The van der Waals surface area contributed by atoms with Crippen LogP contribution in [0.4, 0.5) is 24.8 Å². The molecule has 0 radical (unpaired) electrons. The Balaban J connectivity index is 1.54. The molecule has 1 aliphatic rings. The highest BCUT2D eigenvalue weighted by Crippen LogP contribution is 2.38. The van der Waals surface area contributed by atoms with Crippen molar-refractivity contribution >= 4 is 27.6 Å². The average Bonchev–Trinajstić information content (AvgIpc) is 3.56. The maximum absolute atomic E-state index is 13.8. The molecule has 52 heavy (non-hydrogen) atoms. The summed E-state index contributed by atoms with van der Waals surface area (Å²) in [6.45, 7) is 5.78. The van der Waals surface area contributed by atoms with Crippen molar-refractivity contribution in [2.45, 2.75) is 83.8 Å². The zero-order chi connectivity index (χ0) is 37.7.